The van der Waals surface area contributed by atoms with Crippen LogP contribution in [0.5, 0.6) is 11.5 Å². The summed E-state index contributed by atoms with van der Waals surface area (Å²) < 4.78 is 15.5. The number of carbonyl (C=O) groups is 1. The molecule has 92 valence electrons. The molecule has 1 atom stereocenters. The van der Waals surface area contributed by atoms with Crippen LogP contribution in [0.4, 0.5) is 0 Å². The van der Waals surface area contributed by atoms with Gasteiger partial charge in [-0.1, -0.05) is 0 Å². The van der Waals surface area contributed by atoms with Gasteiger partial charge in [0.1, 0.15) is 11.5 Å². The fraction of sp³-hybridized carbons (Fsp3) is 0.462. The lowest BCUT2D eigenvalue weighted by molar-refractivity contribution is -0.141. The van der Waals surface area contributed by atoms with E-state index in [1.165, 1.54) is 7.11 Å². The number of esters is 1. The van der Waals surface area contributed by atoms with Crippen LogP contribution in [0.2, 0.25) is 0 Å². The van der Waals surface area contributed by atoms with E-state index in [-0.39, 0.29) is 11.9 Å². The number of hydrogen-bond donors (Lipinski definition) is 0. The molecule has 0 N–H and O–H groups in total. The van der Waals surface area contributed by atoms with Gasteiger partial charge in [-0.2, -0.15) is 0 Å². The minimum absolute atomic E-state index is 0.154. The van der Waals surface area contributed by atoms with Crippen molar-refractivity contribution >= 4 is 5.97 Å². The lowest BCUT2D eigenvalue weighted by atomic mass is 9.90. The first-order chi connectivity index (χ1) is 8.24. The molecule has 17 heavy (non-hydrogen) atoms. The molecule has 4 heteroatoms. The number of hydrogen-bond acceptors (Lipinski definition) is 4. The first-order valence-electron chi connectivity index (χ1n) is 5.62. The summed E-state index contributed by atoms with van der Waals surface area (Å²) in [7, 11) is 3.04. The summed E-state index contributed by atoms with van der Waals surface area (Å²) in [5.74, 6) is 1.59. The monoisotopic (exact) mass is 236 g/mol. The normalized spacial score (nSPS) is 17.9. The Balaban J connectivity index is 2.25. The van der Waals surface area contributed by atoms with Gasteiger partial charge in [-0.3, -0.25) is 4.79 Å². The molecule has 0 radical (unpaired) electrons. The zero-order chi connectivity index (χ0) is 12.3. The molecule has 0 aliphatic carbocycles. The number of benzene rings is 1. The molecule has 4 nitrogen and oxygen atoms in total. The van der Waals surface area contributed by atoms with Crippen LogP contribution in [-0.4, -0.2) is 26.8 Å². The number of fused-ring (bicyclic) bond motifs is 1. The van der Waals surface area contributed by atoms with E-state index in [0.29, 0.717) is 13.0 Å². The van der Waals surface area contributed by atoms with Crippen LogP contribution in [-0.2, 0) is 9.53 Å². The van der Waals surface area contributed by atoms with Crippen LogP contribution < -0.4 is 9.47 Å². The highest BCUT2D eigenvalue weighted by Gasteiger charge is 2.24. The molecule has 0 bridgehead atoms. The van der Waals surface area contributed by atoms with Crippen LogP contribution in [0, 0.1) is 0 Å². The highest BCUT2D eigenvalue weighted by molar-refractivity contribution is 5.70. The van der Waals surface area contributed by atoms with Crippen molar-refractivity contribution in [3.05, 3.63) is 23.8 Å². The van der Waals surface area contributed by atoms with E-state index in [2.05, 4.69) is 0 Å². The fourth-order valence-electron chi connectivity index (χ4n) is 2.07. The second-order valence-corrected chi connectivity index (χ2v) is 4.02. The zero-order valence-electron chi connectivity index (χ0n) is 10.1. The van der Waals surface area contributed by atoms with Crippen molar-refractivity contribution in [3.8, 4) is 11.5 Å². The van der Waals surface area contributed by atoms with Crippen molar-refractivity contribution < 1.29 is 19.0 Å². The Labute approximate surface area is 100 Å². The van der Waals surface area contributed by atoms with Gasteiger partial charge in [0.2, 0.25) is 0 Å². The van der Waals surface area contributed by atoms with Gasteiger partial charge in [0.25, 0.3) is 0 Å². The average Bonchev–Trinajstić information content (AvgIpc) is 2.38. The molecule has 0 saturated carbocycles. The van der Waals surface area contributed by atoms with E-state index >= 15 is 0 Å². The Morgan fingerprint density at radius 1 is 1.47 bits per heavy atom. The predicted molar refractivity (Wildman–Crippen MR) is 62.5 cm³/mol. The minimum Gasteiger partial charge on any atom is -0.497 e. The topological polar surface area (TPSA) is 44.8 Å². The van der Waals surface area contributed by atoms with Crippen LogP contribution >= 0.6 is 0 Å². The molecule has 0 spiro atoms. The Hall–Kier alpha value is -1.71. The van der Waals surface area contributed by atoms with Gasteiger partial charge in [0.05, 0.1) is 27.2 Å². The third kappa shape index (κ3) is 2.52. The Bertz CT molecular complexity index is 414. The molecule has 1 unspecified atom stereocenters. The van der Waals surface area contributed by atoms with E-state index in [4.69, 9.17) is 14.2 Å². The quantitative estimate of drug-likeness (QED) is 0.754. The molecule has 0 fully saturated rings. The summed E-state index contributed by atoms with van der Waals surface area (Å²) in [6.07, 6.45) is 1.22. The molecule has 2 rings (SSSR count). The molecule has 1 heterocycles. The maximum absolute atomic E-state index is 11.4. The standard InChI is InChI=1S/C13H16O4/c1-15-10-3-4-12-11(8-10)9(5-6-17-12)7-13(14)16-2/h3-4,8-9H,5-7H2,1-2H3. The lowest BCUT2D eigenvalue weighted by Crippen LogP contribution is -2.17. The molecule has 1 aliphatic heterocycles. The second-order valence-electron chi connectivity index (χ2n) is 4.02. The molecule has 1 aromatic rings. The van der Waals surface area contributed by atoms with Crippen molar-refractivity contribution in [2.75, 3.05) is 20.8 Å². The number of rotatable bonds is 3. The predicted octanol–water partition coefficient (Wildman–Crippen LogP) is 2.12. The molecule has 0 amide bonds. The lowest BCUT2D eigenvalue weighted by Gasteiger charge is -2.25. The third-order valence-electron chi connectivity index (χ3n) is 3.02. The molecular weight excluding hydrogens is 220 g/mol. The average molecular weight is 236 g/mol. The van der Waals surface area contributed by atoms with Gasteiger partial charge in [-0.25, -0.2) is 0 Å². The van der Waals surface area contributed by atoms with E-state index in [9.17, 15) is 4.79 Å². The summed E-state index contributed by atoms with van der Waals surface area (Å²) in [4.78, 5) is 11.4. The van der Waals surface area contributed by atoms with Gasteiger partial charge in [0, 0.05) is 11.5 Å². The van der Waals surface area contributed by atoms with Crippen LogP contribution in [0.15, 0.2) is 18.2 Å². The smallest absolute Gasteiger partial charge is 0.306 e. The van der Waals surface area contributed by atoms with Gasteiger partial charge >= 0.3 is 5.97 Å². The van der Waals surface area contributed by atoms with Crippen molar-refractivity contribution in [2.24, 2.45) is 0 Å². The molecule has 0 saturated heterocycles. The Kier molecular flexibility index (Phi) is 3.52. The van der Waals surface area contributed by atoms with Gasteiger partial charge in [-0.15, -0.1) is 0 Å². The van der Waals surface area contributed by atoms with Crippen molar-refractivity contribution in [3.63, 3.8) is 0 Å². The van der Waals surface area contributed by atoms with E-state index < -0.39 is 0 Å². The van der Waals surface area contributed by atoms with E-state index in [1.54, 1.807) is 7.11 Å². The highest BCUT2D eigenvalue weighted by atomic mass is 16.5. The third-order valence-corrected chi connectivity index (χ3v) is 3.02. The maximum atomic E-state index is 11.4. The van der Waals surface area contributed by atoms with E-state index in [1.807, 2.05) is 18.2 Å². The number of methoxy groups -OCH3 is 2. The largest absolute Gasteiger partial charge is 0.497 e. The summed E-state index contributed by atoms with van der Waals surface area (Å²) in [6, 6.07) is 5.68. The maximum Gasteiger partial charge on any atom is 0.306 e. The Morgan fingerprint density at radius 3 is 3.00 bits per heavy atom. The van der Waals surface area contributed by atoms with Gasteiger partial charge < -0.3 is 14.2 Å². The first-order valence-corrected chi connectivity index (χ1v) is 5.62. The second kappa shape index (κ2) is 5.08. The van der Waals surface area contributed by atoms with Crippen LogP contribution in [0.25, 0.3) is 0 Å². The Morgan fingerprint density at radius 2 is 2.29 bits per heavy atom. The van der Waals surface area contributed by atoms with Crippen molar-refractivity contribution in [2.45, 2.75) is 18.8 Å². The summed E-state index contributed by atoms with van der Waals surface area (Å²) in [5.41, 5.74) is 1.03. The van der Waals surface area contributed by atoms with Crippen molar-refractivity contribution in [1.29, 1.82) is 0 Å². The first kappa shape index (κ1) is 11.8. The number of carbonyl (C=O) groups excluding carboxylic acids is 1. The van der Waals surface area contributed by atoms with Gasteiger partial charge in [-0.05, 0) is 24.6 Å². The molecule has 1 aliphatic rings. The summed E-state index contributed by atoms with van der Waals surface area (Å²) in [6.45, 7) is 0.640. The van der Waals surface area contributed by atoms with Gasteiger partial charge in [0.15, 0.2) is 0 Å². The van der Waals surface area contributed by atoms with Crippen LogP contribution in [0.1, 0.15) is 24.3 Å². The fourth-order valence-corrected chi connectivity index (χ4v) is 2.07. The van der Waals surface area contributed by atoms with Crippen molar-refractivity contribution in [1.82, 2.24) is 0 Å². The minimum atomic E-state index is -0.189. The zero-order valence-corrected chi connectivity index (χ0v) is 10.1. The summed E-state index contributed by atoms with van der Waals surface area (Å²) >= 11 is 0. The van der Waals surface area contributed by atoms with Crippen LogP contribution in [0.3, 0.4) is 0 Å². The SMILES string of the molecule is COC(=O)CC1CCOc2ccc(OC)cc21. The molecule has 0 aromatic heterocycles. The van der Waals surface area contributed by atoms with E-state index in [0.717, 1.165) is 23.5 Å². The molecular formula is C13H16O4. The highest BCUT2D eigenvalue weighted by Crippen LogP contribution is 2.38. The number of ether oxygens (including phenoxy) is 3. The molecule has 1 aromatic carbocycles. The summed E-state index contributed by atoms with van der Waals surface area (Å²) in [5, 5.41) is 0.